The number of carboxylic acids is 1. The first kappa shape index (κ1) is 12.0. The summed E-state index contributed by atoms with van der Waals surface area (Å²) in [5.41, 5.74) is 0. The summed E-state index contributed by atoms with van der Waals surface area (Å²) in [7, 11) is 0. The Morgan fingerprint density at radius 3 is 2.93 bits per heavy atom. The molecule has 2 unspecified atom stereocenters. The van der Waals surface area contributed by atoms with Crippen molar-refractivity contribution < 1.29 is 19.4 Å². The Balaban J connectivity index is 2.72. The Morgan fingerprint density at radius 2 is 2.40 bits per heavy atom. The van der Waals surface area contributed by atoms with E-state index in [2.05, 4.69) is 0 Å². The second-order valence-corrected chi connectivity index (χ2v) is 3.83. The molecular weight excluding hydrogens is 198 g/mol. The third-order valence-electron chi connectivity index (χ3n) is 2.69. The first-order valence-corrected chi connectivity index (χ1v) is 5.17. The van der Waals surface area contributed by atoms with Crippen LogP contribution >= 0.6 is 0 Å². The number of rotatable bonds is 4. The van der Waals surface area contributed by atoms with Crippen LogP contribution < -0.4 is 0 Å². The largest absolute Gasteiger partial charge is 0.481 e. The van der Waals surface area contributed by atoms with Crippen molar-refractivity contribution in [1.29, 1.82) is 0 Å². The van der Waals surface area contributed by atoms with E-state index >= 15 is 0 Å². The SMILES string of the molecule is CCC(C)N1C(=O)COCC1CC(=O)O. The van der Waals surface area contributed by atoms with Crippen molar-refractivity contribution in [3.63, 3.8) is 0 Å². The number of hydrogen-bond acceptors (Lipinski definition) is 3. The molecule has 1 heterocycles. The van der Waals surface area contributed by atoms with Crippen LogP contribution in [0.5, 0.6) is 0 Å². The summed E-state index contributed by atoms with van der Waals surface area (Å²) in [5.74, 6) is -1.01. The van der Waals surface area contributed by atoms with Gasteiger partial charge in [0.25, 0.3) is 0 Å². The quantitative estimate of drug-likeness (QED) is 0.741. The van der Waals surface area contributed by atoms with Crippen molar-refractivity contribution in [3.05, 3.63) is 0 Å². The van der Waals surface area contributed by atoms with Gasteiger partial charge in [0.1, 0.15) is 6.61 Å². The van der Waals surface area contributed by atoms with Crippen molar-refractivity contribution in [3.8, 4) is 0 Å². The summed E-state index contributed by atoms with van der Waals surface area (Å²) in [4.78, 5) is 23.9. The normalized spacial score (nSPS) is 24.0. The van der Waals surface area contributed by atoms with E-state index in [4.69, 9.17) is 9.84 Å². The van der Waals surface area contributed by atoms with Crippen LogP contribution in [0.4, 0.5) is 0 Å². The zero-order valence-electron chi connectivity index (χ0n) is 9.10. The van der Waals surface area contributed by atoms with Gasteiger partial charge >= 0.3 is 5.97 Å². The highest BCUT2D eigenvalue weighted by Gasteiger charge is 2.32. The lowest BCUT2D eigenvalue weighted by Gasteiger charge is -2.38. The minimum Gasteiger partial charge on any atom is -0.481 e. The highest BCUT2D eigenvalue weighted by Crippen LogP contribution is 2.17. The van der Waals surface area contributed by atoms with E-state index in [1.165, 1.54) is 0 Å². The van der Waals surface area contributed by atoms with E-state index < -0.39 is 5.97 Å². The van der Waals surface area contributed by atoms with E-state index in [9.17, 15) is 9.59 Å². The molecule has 1 aliphatic rings. The monoisotopic (exact) mass is 215 g/mol. The number of ether oxygens (including phenoxy) is 1. The first-order chi connectivity index (χ1) is 7.06. The Labute approximate surface area is 89.0 Å². The average Bonchev–Trinajstić information content (AvgIpc) is 2.16. The minimum absolute atomic E-state index is 0.0456. The van der Waals surface area contributed by atoms with Gasteiger partial charge in [-0.3, -0.25) is 9.59 Å². The summed E-state index contributed by atoms with van der Waals surface area (Å²) in [6.45, 7) is 4.30. The highest BCUT2D eigenvalue weighted by molar-refractivity contribution is 5.79. The van der Waals surface area contributed by atoms with E-state index in [-0.39, 0.29) is 31.0 Å². The lowest BCUT2D eigenvalue weighted by atomic mass is 10.1. The maximum Gasteiger partial charge on any atom is 0.305 e. The maximum atomic E-state index is 11.6. The van der Waals surface area contributed by atoms with Crippen LogP contribution in [0.3, 0.4) is 0 Å². The molecule has 0 aromatic carbocycles. The van der Waals surface area contributed by atoms with E-state index in [0.717, 1.165) is 6.42 Å². The van der Waals surface area contributed by atoms with Crippen molar-refractivity contribution in [2.75, 3.05) is 13.2 Å². The molecule has 0 aliphatic carbocycles. The molecule has 1 amide bonds. The van der Waals surface area contributed by atoms with Crippen molar-refractivity contribution >= 4 is 11.9 Å². The average molecular weight is 215 g/mol. The van der Waals surface area contributed by atoms with Gasteiger partial charge in [-0.15, -0.1) is 0 Å². The molecule has 1 N–H and O–H groups in total. The van der Waals surface area contributed by atoms with Crippen LogP contribution in [0.25, 0.3) is 0 Å². The number of hydrogen-bond donors (Lipinski definition) is 1. The summed E-state index contributed by atoms with van der Waals surface area (Å²) >= 11 is 0. The van der Waals surface area contributed by atoms with Gasteiger partial charge in [-0.1, -0.05) is 6.92 Å². The summed E-state index contributed by atoms with van der Waals surface area (Å²) in [6, 6.07) is -0.246. The molecule has 0 saturated carbocycles. The van der Waals surface area contributed by atoms with Crippen molar-refractivity contribution in [2.45, 2.75) is 38.8 Å². The summed E-state index contributed by atoms with van der Waals surface area (Å²) in [6.07, 6.45) is 0.776. The second kappa shape index (κ2) is 5.11. The Hall–Kier alpha value is -1.10. The summed E-state index contributed by atoms with van der Waals surface area (Å²) < 4.78 is 5.07. The number of nitrogens with zero attached hydrogens (tertiary/aromatic N) is 1. The van der Waals surface area contributed by atoms with Gasteiger partial charge in [0.2, 0.25) is 5.91 Å². The molecule has 5 heteroatoms. The van der Waals surface area contributed by atoms with Crippen LogP contribution in [-0.4, -0.2) is 47.2 Å². The number of morpholine rings is 1. The molecule has 0 aromatic rings. The van der Waals surface area contributed by atoms with Gasteiger partial charge in [0.05, 0.1) is 19.1 Å². The van der Waals surface area contributed by atoms with Crippen molar-refractivity contribution in [2.24, 2.45) is 0 Å². The van der Waals surface area contributed by atoms with E-state index in [0.29, 0.717) is 6.61 Å². The van der Waals surface area contributed by atoms with Gasteiger partial charge in [-0.05, 0) is 13.3 Å². The smallest absolute Gasteiger partial charge is 0.305 e. The molecule has 86 valence electrons. The molecule has 1 saturated heterocycles. The molecule has 1 rings (SSSR count). The number of amides is 1. The predicted octanol–water partition coefficient (Wildman–Crippen LogP) is 0.487. The van der Waals surface area contributed by atoms with Crippen molar-refractivity contribution in [1.82, 2.24) is 4.90 Å². The molecule has 0 spiro atoms. The standard InChI is InChI=1S/C10H17NO4/c1-3-7(2)11-8(4-10(13)14)5-15-6-9(11)12/h7-8H,3-6H2,1-2H3,(H,13,14). The van der Waals surface area contributed by atoms with Gasteiger partial charge in [-0.25, -0.2) is 0 Å². The lowest BCUT2D eigenvalue weighted by Crippen LogP contribution is -2.53. The summed E-state index contributed by atoms with van der Waals surface area (Å²) in [5, 5.41) is 8.73. The minimum atomic E-state index is -0.897. The van der Waals surface area contributed by atoms with E-state index in [1.54, 1.807) is 4.90 Å². The molecular formula is C10H17NO4. The van der Waals surface area contributed by atoms with Crippen LogP contribution in [-0.2, 0) is 14.3 Å². The molecule has 1 fully saturated rings. The maximum absolute atomic E-state index is 11.6. The highest BCUT2D eigenvalue weighted by atomic mass is 16.5. The number of carbonyl (C=O) groups excluding carboxylic acids is 1. The van der Waals surface area contributed by atoms with Crippen LogP contribution in [0.15, 0.2) is 0 Å². The number of carbonyl (C=O) groups is 2. The molecule has 1 aliphatic heterocycles. The zero-order chi connectivity index (χ0) is 11.4. The second-order valence-electron chi connectivity index (χ2n) is 3.83. The molecule has 0 aromatic heterocycles. The number of aliphatic carboxylic acids is 1. The fourth-order valence-electron chi connectivity index (χ4n) is 1.80. The van der Waals surface area contributed by atoms with E-state index in [1.807, 2.05) is 13.8 Å². The fraction of sp³-hybridized carbons (Fsp3) is 0.800. The topological polar surface area (TPSA) is 66.8 Å². The van der Waals surface area contributed by atoms with Crippen LogP contribution in [0.2, 0.25) is 0 Å². The Bertz CT molecular complexity index is 254. The molecule has 15 heavy (non-hydrogen) atoms. The lowest BCUT2D eigenvalue weighted by molar-refractivity contribution is -0.155. The fourth-order valence-corrected chi connectivity index (χ4v) is 1.80. The van der Waals surface area contributed by atoms with Crippen LogP contribution in [0, 0.1) is 0 Å². The molecule has 0 radical (unpaired) electrons. The predicted molar refractivity (Wildman–Crippen MR) is 53.5 cm³/mol. The van der Waals surface area contributed by atoms with Gasteiger partial charge in [0.15, 0.2) is 0 Å². The third kappa shape index (κ3) is 2.92. The van der Waals surface area contributed by atoms with Gasteiger partial charge < -0.3 is 14.7 Å². The van der Waals surface area contributed by atoms with Crippen LogP contribution in [0.1, 0.15) is 26.7 Å². The Morgan fingerprint density at radius 1 is 1.73 bits per heavy atom. The van der Waals surface area contributed by atoms with Gasteiger partial charge in [-0.2, -0.15) is 0 Å². The number of carboxylic acid groups (broad SMARTS) is 1. The molecule has 2 atom stereocenters. The third-order valence-corrected chi connectivity index (χ3v) is 2.69. The molecule has 0 bridgehead atoms. The zero-order valence-corrected chi connectivity index (χ0v) is 9.10. The molecule has 5 nitrogen and oxygen atoms in total. The van der Waals surface area contributed by atoms with Gasteiger partial charge in [0, 0.05) is 6.04 Å². The first-order valence-electron chi connectivity index (χ1n) is 5.17. The Kier molecular flexibility index (Phi) is 4.08.